The van der Waals surface area contributed by atoms with Gasteiger partial charge < -0.3 is 9.64 Å². The van der Waals surface area contributed by atoms with Crippen molar-refractivity contribution in [2.45, 2.75) is 67.0 Å². The molecule has 1 amide bonds. The lowest BCUT2D eigenvalue weighted by Gasteiger charge is -2.29. The number of nitrogens with zero attached hydrogens (tertiary/aromatic N) is 2. The summed E-state index contributed by atoms with van der Waals surface area (Å²) in [4.78, 5) is 30.3. The highest BCUT2D eigenvalue weighted by atomic mass is 32.1. The van der Waals surface area contributed by atoms with Crippen LogP contribution in [0.4, 0.5) is 0 Å². The van der Waals surface area contributed by atoms with Gasteiger partial charge in [0.2, 0.25) is 5.91 Å². The summed E-state index contributed by atoms with van der Waals surface area (Å²) in [5.74, 6) is 0.0240. The van der Waals surface area contributed by atoms with Crippen LogP contribution in [-0.2, 0) is 16.1 Å². The zero-order chi connectivity index (χ0) is 18.5. The summed E-state index contributed by atoms with van der Waals surface area (Å²) in [7, 11) is 1.34. The molecule has 0 bridgehead atoms. The Morgan fingerprint density at radius 3 is 2.42 bits per heavy atom. The molecule has 24 heavy (non-hydrogen) atoms. The third-order valence-electron chi connectivity index (χ3n) is 3.68. The van der Waals surface area contributed by atoms with Crippen molar-refractivity contribution < 1.29 is 14.3 Å². The zero-order valence-corrected chi connectivity index (χ0v) is 16.7. The van der Waals surface area contributed by atoms with E-state index in [9.17, 15) is 9.59 Å². The second kappa shape index (κ2) is 8.60. The molecule has 1 rings (SSSR count). The van der Waals surface area contributed by atoms with Crippen LogP contribution in [0.5, 0.6) is 0 Å². The minimum absolute atomic E-state index is 0.0878. The lowest BCUT2D eigenvalue weighted by Crippen LogP contribution is -2.37. The Labute approximate surface area is 149 Å². The smallest absolute Gasteiger partial charge is 0.357 e. The maximum atomic E-state index is 12.7. The van der Waals surface area contributed by atoms with Crippen molar-refractivity contribution in [3.8, 4) is 0 Å². The molecule has 1 aromatic rings. The third-order valence-corrected chi connectivity index (χ3v) is 4.51. The van der Waals surface area contributed by atoms with Crippen LogP contribution < -0.4 is 0 Å². The van der Waals surface area contributed by atoms with Crippen LogP contribution in [0.25, 0.3) is 0 Å². The molecule has 6 heteroatoms. The predicted octanol–water partition coefficient (Wildman–Crippen LogP) is 4.13. The van der Waals surface area contributed by atoms with Gasteiger partial charge in [-0.15, -0.1) is 11.3 Å². The van der Waals surface area contributed by atoms with Crippen LogP contribution in [0.2, 0.25) is 0 Å². The molecule has 136 valence electrons. The number of esters is 1. The number of rotatable bonds is 7. The van der Waals surface area contributed by atoms with Crippen molar-refractivity contribution >= 4 is 23.2 Å². The van der Waals surface area contributed by atoms with Gasteiger partial charge in [0.15, 0.2) is 5.69 Å². The van der Waals surface area contributed by atoms with E-state index >= 15 is 0 Å². The van der Waals surface area contributed by atoms with Gasteiger partial charge in [0, 0.05) is 17.8 Å². The fraction of sp³-hybridized carbons (Fsp3) is 0.722. The summed E-state index contributed by atoms with van der Waals surface area (Å²) in [6.07, 6.45) is 1.54. The number of thiazole rings is 1. The van der Waals surface area contributed by atoms with E-state index in [1.807, 2.05) is 18.7 Å². The SMILES string of the molecule is COC(=O)c1csc(CN(C(=O)CC(C)CC(C)(C)C)C(C)C)n1. The van der Waals surface area contributed by atoms with Crippen molar-refractivity contribution in [2.24, 2.45) is 11.3 Å². The van der Waals surface area contributed by atoms with Crippen LogP contribution >= 0.6 is 11.3 Å². The Morgan fingerprint density at radius 2 is 1.92 bits per heavy atom. The van der Waals surface area contributed by atoms with Crippen molar-refractivity contribution in [1.29, 1.82) is 0 Å². The average molecular weight is 355 g/mol. The minimum Gasteiger partial charge on any atom is -0.464 e. The van der Waals surface area contributed by atoms with E-state index in [0.29, 0.717) is 24.6 Å². The van der Waals surface area contributed by atoms with Gasteiger partial charge >= 0.3 is 5.97 Å². The number of amides is 1. The number of carbonyl (C=O) groups is 2. The molecule has 1 aromatic heterocycles. The van der Waals surface area contributed by atoms with Gasteiger partial charge in [-0.25, -0.2) is 9.78 Å². The van der Waals surface area contributed by atoms with Crippen LogP contribution in [-0.4, -0.2) is 34.9 Å². The van der Waals surface area contributed by atoms with Gasteiger partial charge in [-0.1, -0.05) is 27.7 Å². The van der Waals surface area contributed by atoms with Gasteiger partial charge in [0.05, 0.1) is 13.7 Å². The number of ether oxygens (including phenoxy) is 1. The summed E-state index contributed by atoms with van der Waals surface area (Å²) in [5, 5.41) is 2.42. The number of hydrogen-bond donors (Lipinski definition) is 0. The highest BCUT2D eigenvalue weighted by Crippen LogP contribution is 2.27. The Hall–Kier alpha value is -1.43. The maximum absolute atomic E-state index is 12.7. The second-order valence-electron chi connectivity index (χ2n) is 7.81. The summed E-state index contributed by atoms with van der Waals surface area (Å²) in [5.41, 5.74) is 0.516. The van der Waals surface area contributed by atoms with Gasteiger partial charge in [-0.3, -0.25) is 4.79 Å². The van der Waals surface area contributed by atoms with E-state index in [0.717, 1.165) is 11.4 Å². The topological polar surface area (TPSA) is 59.5 Å². The van der Waals surface area contributed by atoms with Crippen molar-refractivity contribution in [3.05, 3.63) is 16.1 Å². The maximum Gasteiger partial charge on any atom is 0.357 e. The van der Waals surface area contributed by atoms with E-state index in [2.05, 4.69) is 37.4 Å². The van der Waals surface area contributed by atoms with Crippen LogP contribution in [0.3, 0.4) is 0 Å². The highest BCUT2D eigenvalue weighted by molar-refractivity contribution is 7.09. The molecule has 1 atom stereocenters. The van der Waals surface area contributed by atoms with Crippen LogP contribution in [0.1, 0.15) is 69.9 Å². The molecule has 1 unspecified atom stereocenters. The van der Waals surface area contributed by atoms with E-state index in [1.54, 1.807) is 5.38 Å². The second-order valence-corrected chi connectivity index (χ2v) is 8.75. The molecule has 0 radical (unpaired) electrons. The summed E-state index contributed by atoms with van der Waals surface area (Å²) in [6.45, 7) is 13.1. The quantitative estimate of drug-likeness (QED) is 0.691. The summed E-state index contributed by atoms with van der Waals surface area (Å²) in [6, 6.07) is 0.0878. The fourth-order valence-corrected chi connectivity index (χ4v) is 3.58. The first kappa shape index (κ1) is 20.6. The minimum atomic E-state index is -0.446. The van der Waals surface area contributed by atoms with Gasteiger partial charge in [-0.05, 0) is 31.6 Å². The standard InChI is InChI=1S/C18H30N2O3S/c1-12(2)20(16(21)8-13(3)9-18(4,5)6)10-15-19-14(11-24-15)17(22)23-7/h11-13H,8-10H2,1-7H3. The van der Waals surface area contributed by atoms with E-state index in [1.165, 1.54) is 18.4 Å². The molecule has 0 spiro atoms. The Bertz CT molecular complexity index is 561. The molecule has 0 saturated heterocycles. The molecule has 0 aliphatic heterocycles. The number of methoxy groups -OCH3 is 1. The van der Waals surface area contributed by atoms with Crippen LogP contribution in [0, 0.1) is 11.3 Å². The zero-order valence-electron chi connectivity index (χ0n) is 15.9. The molecule has 0 aliphatic rings. The Balaban J connectivity index is 2.74. The molecule has 0 aliphatic carbocycles. The third kappa shape index (κ3) is 6.59. The van der Waals surface area contributed by atoms with E-state index in [-0.39, 0.29) is 17.4 Å². The first-order valence-corrected chi connectivity index (χ1v) is 9.23. The lowest BCUT2D eigenvalue weighted by molar-refractivity contribution is -0.134. The first-order valence-electron chi connectivity index (χ1n) is 8.35. The van der Waals surface area contributed by atoms with Crippen molar-refractivity contribution in [2.75, 3.05) is 7.11 Å². The van der Waals surface area contributed by atoms with Gasteiger partial charge in [0.1, 0.15) is 5.01 Å². The van der Waals surface area contributed by atoms with Crippen molar-refractivity contribution in [3.63, 3.8) is 0 Å². The Morgan fingerprint density at radius 1 is 1.29 bits per heavy atom. The van der Waals surface area contributed by atoms with Crippen molar-refractivity contribution in [1.82, 2.24) is 9.88 Å². The molecule has 0 fully saturated rings. The average Bonchev–Trinajstić information content (AvgIpc) is 2.89. The number of hydrogen-bond acceptors (Lipinski definition) is 5. The predicted molar refractivity (Wildman–Crippen MR) is 97.0 cm³/mol. The molecular formula is C18H30N2O3S. The first-order chi connectivity index (χ1) is 11.0. The van der Waals surface area contributed by atoms with Gasteiger partial charge in [0.25, 0.3) is 0 Å². The molecule has 1 heterocycles. The molecule has 0 aromatic carbocycles. The molecular weight excluding hydrogens is 324 g/mol. The number of aromatic nitrogens is 1. The molecule has 0 N–H and O–H groups in total. The fourth-order valence-electron chi connectivity index (χ4n) is 2.82. The van der Waals surface area contributed by atoms with E-state index < -0.39 is 5.97 Å². The summed E-state index contributed by atoms with van der Waals surface area (Å²) >= 11 is 1.38. The lowest BCUT2D eigenvalue weighted by atomic mass is 9.84. The molecule has 5 nitrogen and oxygen atoms in total. The van der Waals surface area contributed by atoms with E-state index in [4.69, 9.17) is 0 Å². The normalized spacial score (nSPS) is 13.0. The highest BCUT2D eigenvalue weighted by Gasteiger charge is 2.24. The van der Waals surface area contributed by atoms with Gasteiger partial charge in [-0.2, -0.15) is 0 Å². The largest absolute Gasteiger partial charge is 0.464 e. The Kier molecular flexibility index (Phi) is 7.39. The van der Waals surface area contributed by atoms with Crippen LogP contribution in [0.15, 0.2) is 5.38 Å². The number of carbonyl (C=O) groups excluding carboxylic acids is 2. The molecule has 0 saturated carbocycles. The summed E-state index contributed by atoms with van der Waals surface area (Å²) < 4.78 is 4.67. The monoisotopic (exact) mass is 354 g/mol.